The molecule has 2 heterocycles. The molecule has 144 valence electrons. The Bertz CT molecular complexity index is 707. The number of piperazine rings is 2. The molecule has 2 aliphatic heterocycles. The van der Waals surface area contributed by atoms with Crippen LogP contribution >= 0.6 is 0 Å². The van der Waals surface area contributed by atoms with Crippen molar-refractivity contribution in [2.75, 3.05) is 74.6 Å². The van der Waals surface area contributed by atoms with E-state index in [0.717, 1.165) is 45.8 Å². The highest BCUT2D eigenvalue weighted by Gasteiger charge is 2.28. The molecule has 5 nitrogen and oxygen atoms in total. The molecule has 0 aromatic heterocycles. The average Bonchev–Trinajstić information content (AvgIpc) is 2.75. The molecule has 5 heteroatoms. The molecule has 2 saturated heterocycles. The van der Waals surface area contributed by atoms with E-state index in [0.29, 0.717) is 6.17 Å². The third-order valence-electron chi connectivity index (χ3n) is 5.76. The van der Waals surface area contributed by atoms with Crippen LogP contribution in [0.2, 0.25) is 0 Å². The number of benzene rings is 2. The van der Waals surface area contributed by atoms with Crippen molar-refractivity contribution in [1.82, 2.24) is 10.2 Å². The maximum absolute atomic E-state index is 3.73. The van der Waals surface area contributed by atoms with Crippen LogP contribution in [0.4, 0.5) is 17.1 Å². The van der Waals surface area contributed by atoms with E-state index < -0.39 is 0 Å². The molecule has 2 aliphatic rings. The number of hydrogen-bond donors (Lipinski definition) is 1. The second-order valence-electron chi connectivity index (χ2n) is 7.69. The van der Waals surface area contributed by atoms with E-state index in [2.05, 4.69) is 93.6 Å². The number of anilines is 3. The molecule has 2 fully saturated rings. The Hall–Kier alpha value is -2.24. The molecule has 1 N–H and O–H groups in total. The lowest BCUT2D eigenvalue weighted by atomic mass is 10.2. The first-order valence-corrected chi connectivity index (χ1v) is 10.0. The minimum Gasteiger partial charge on any atom is -0.378 e. The van der Waals surface area contributed by atoms with Gasteiger partial charge in [0.1, 0.15) is 0 Å². The van der Waals surface area contributed by atoms with Crippen LogP contribution in [-0.2, 0) is 0 Å². The van der Waals surface area contributed by atoms with E-state index in [1.54, 1.807) is 0 Å². The highest BCUT2D eigenvalue weighted by molar-refractivity contribution is 5.56. The van der Waals surface area contributed by atoms with E-state index >= 15 is 0 Å². The Labute approximate surface area is 163 Å². The summed E-state index contributed by atoms with van der Waals surface area (Å²) >= 11 is 0. The van der Waals surface area contributed by atoms with Gasteiger partial charge in [0.2, 0.25) is 0 Å². The summed E-state index contributed by atoms with van der Waals surface area (Å²) in [4.78, 5) is 9.78. The fourth-order valence-electron chi connectivity index (χ4n) is 4.10. The molecule has 27 heavy (non-hydrogen) atoms. The van der Waals surface area contributed by atoms with Crippen molar-refractivity contribution < 1.29 is 0 Å². The van der Waals surface area contributed by atoms with Crippen molar-refractivity contribution in [2.24, 2.45) is 0 Å². The maximum Gasteiger partial charge on any atom is 0.0779 e. The molecule has 0 bridgehead atoms. The molecule has 2 aromatic rings. The van der Waals surface area contributed by atoms with Gasteiger partial charge in [0.15, 0.2) is 0 Å². The van der Waals surface area contributed by atoms with Gasteiger partial charge >= 0.3 is 0 Å². The second-order valence-corrected chi connectivity index (χ2v) is 7.69. The van der Waals surface area contributed by atoms with Crippen LogP contribution in [0.25, 0.3) is 0 Å². The van der Waals surface area contributed by atoms with Crippen LogP contribution in [0.15, 0.2) is 54.6 Å². The van der Waals surface area contributed by atoms with Crippen molar-refractivity contribution in [1.29, 1.82) is 0 Å². The van der Waals surface area contributed by atoms with Gasteiger partial charge in [-0.15, -0.1) is 0 Å². The van der Waals surface area contributed by atoms with Crippen molar-refractivity contribution in [3.05, 3.63) is 54.6 Å². The van der Waals surface area contributed by atoms with Crippen LogP contribution in [0.1, 0.15) is 0 Å². The standard InChI is InChI=1S/C22H31N5/c1-24(2)19-8-10-21(11-9-19)27-13-12-23-22(18-27)26-16-14-25(15-17-26)20-6-4-3-5-7-20/h3-11,22-23H,12-18H2,1-2H3. The smallest absolute Gasteiger partial charge is 0.0779 e. The molecule has 0 amide bonds. The summed E-state index contributed by atoms with van der Waals surface area (Å²) in [6, 6.07) is 19.7. The Morgan fingerprint density at radius 1 is 0.778 bits per heavy atom. The average molecular weight is 366 g/mol. The minimum atomic E-state index is 0.435. The lowest BCUT2D eigenvalue weighted by Crippen LogP contribution is -2.62. The molecule has 0 saturated carbocycles. The predicted molar refractivity (Wildman–Crippen MR) is 115 cm³/mol. The normalized spacial score (nSPS) is 21.3. The molecule has 1 atom stereocenters. The summed E-state index contributed by atoms with van der Waals surface area (Å²) in [5.41, 5.74) is 3.92. The van der Waals surface area contributed by atoms with Gasteiger partial charge in [-0.3, -0.25) is 10.2 Å². The lowest BCUT2D eigenvalue weighted by molar-refractivity contribution is 0.149. The van der Waals surface area contributed by atoms with Gasteiger partial charge in [-0.25, -0.2) is 0 Å². The zero-order valence-corrected chi connectivity index (χ0v) is 16.5. The monoisotopic (exact) mass is 365 g/mol. The van der Waals surface area contributed by atoms with Gasteiger partial charge in [-0.05, 0) is 36.4 Å². The van der Waals surface area contributed by atoms with Gasteiger partial charge in [0.25, 0.3) is 0 Å². The molecule has 1 unspecified atom stereocenters. The molecular formula is C22H31N5. The van der Waals surface area contributed by atoms with Gasteiger partial charge in [-0.2, -0.15) is 0 Å². The first-order chi connectivity index (χ1) is 13.2. The van der Waals surface area contributed by atoms with Crippen molar-refractivity contribution in [3.63, 3.8) is 0 Å². The quantitative estimate of drug-likeness (QED) is 0.897. The lowest BCUT2D eigenvalue weighted by Gasteiger charge is -2.44. The zero-order chi connectivity index (χ0) is 18.6. The number of hydrogen-bond acceptors (Lipinski definition) is 5. The molecule has 0 aliphatic carbocycles. The van der Waals surface area contributed by atoms with Crippen LogP contribution in [0, 0.1) is 0 Å². The topological polar surface area (TPSA) is 25.0 Å². The highest BCUT2D eigenvalue weighted by atomic mass is 15.4. The van der Waals surface area contributed by atoms with Crippen LogP contribution in [-0.4, -0.2) is 71.0 Å². The third kappa shape index (κ3) is 4.20. The van der Waals surface area contributed by atoms with E-state index in [1.807, 2.05) is 0 Å². The van der Waals surface area contributed by atoms with Crippen molar-refractivity contribution >= 4 is 17.1 Å². The fraction of sp³-hybridized carbons (Fsp3) is 0.455. The summed E-state index contributed by atoms with van der Waals surface area (Å²) in [7, 11) is 4.18. The van der Waals surface area contributed by atoms with E-state index in [-0.39, 0.29) is 0 Å². The van der Waals surface area contributed by atoms with Gasteiger partial charge in [0.05, 0.1) is 6.17 Å². The molecule has 0 radical (unpaired) electrons. The Morgan fingerprint density at radius 3 is 2.11 bits per heavy atom. The van der Waals surface area contributed by atoms with Crippen LogP contribution < -0.4 is 20.0 Å². The Kier molecular flexibility index (Phi) is 5.50. The summed E-state index contributed by atoms with van der Waals surface area (Å²) < 4.78 is 0. The Balaban J connectivity index is 1.35. The van der Waals surface area contributed by atoms with E-state index in [1.165, 1.54) is 17.1 Å². The number of rotatable bonds is 4. The zero-order valence-electron chi connectivity index (χ0n) is 16.5. The molecular weight excluding hydrogens is 334 g/mol. The summed E-state index contributed by atoms with van der Waals surface area (Å²) in [5, 5.41) is 3.73. The first kappa shape index (κ1) is 18.1. The second kappa shape index (κ2) is 8.19. The summed E-state index contributed by atoms with van der Waals surface area (Å²) in [6.45, 7) is 7.58. The highest BCUT2D eigenvalue weighted by Crippen LogP contribution is 2.22. The molecule has 2 aromatic carbocycles. The number of para-hydroxylation sites is 1. The Morgan fingerprint density at radius 2 is 1.44 bits per heavy atom. The summed E-state index contributed by atoms with van der Waals surface area (Å²) in [6.07, 6.45) is 0.435. The molecule has 0 spiro atoms. The van der Waals surface area contributed by atoms with Gasteiger partial charge in [-0.1, -0.05) is 18.2 Å². The summed E-state index contributed by atoms with van der Waals surface area (Å²) in [5.74, 6) is 0. The fourth-order valence-corrected chi connectivity index (χ4v) is 4.10. The third-order valence-corrected chi connectivity index (χ3v) is 5.76. The number of nitrogens with zero attached hydrogens (tertiary/aromatic N) is 4. The van der Waals surface area contributed by atoms with Gasteiger partial charge in [0, 0.05) is 77.0 Å². The van der Waals surface area contributed by atoms with Crippen molar-refractivity contribution in [2.45, 2.75) is 6.17 Å². The largest absolute Gasteiger partial charge is 0.378 e. The predicted octanol–water partition coefficient (Wildman–Crippen LogP) is 2.31. The minimum absolute atomic E-state index is 0.435. The first-order valence-electron chi connectivity index (χ1n) is 10.0. The van der Waals surface area contributed by atoms with Crippen LogP contribution in [0.3, 0.4) is 0 Å². The maximum atomic E-state index is 3.73. The molecule has 4 rings (SSSR count). The number of nitrogens with one attached hydrogen (secondary N) is 1. The van der Waals surface area contributed by atoms with E-state index in [4.69, 9.17) is 0 Å². The van der Waals surface area contributed by atoms with E-state index in [9.17, 15) is 0 Å². The SMILES string of the molecule is CN(C)c1ccc(N2CCNC(N3CCN(c4ccccc4)CC3)C2)cc1. The van der Waals surface area contributed by atoms with Crippen LogP contribution in [0.5, 0.6) is 0 Å². The van der Waals surface area contributed by atoms with Crippen molar-refractivity contribution in [3.8, 4) is 0 Å². The van der Waals surface area contributed by atoms with Gasteiger partial charge < -0.3 is 14.7 Å².